The average molecular weight is 246 g/mol. The quantitative estimate of drug-likeness (QED) is 0.313. The highest BCUT2D eigenvalue weighted by molar-refractivity contribution is 7.99. The third kappa shape index (κ3) is 3.57. The minimum atomic E-state index is -0.274. The summed E-state index contributed by atoms with van der Waals surface area (Å²) >= 11 is 1.57. The van der Waals surface area contributed by atoms with Gasteiger partial charge in [-0.15, -0.1) is 11.8 Å². The highest BCUT2D eigenvalue weighted by Crippen LogP contribution is 2.22. The Labute approximate surface area is 99.1 Å². The summed E-state index contributed by atoms with van der Waals surface area (Å²) in [5.74, 6) is 5.44. The Morgan fingerprint density at radius 1 is 1.75 bits per heavy atom. The number of amides is 3. The Balaban J connectivity index is 2.67. The van der Waals surface area contributed by atoms with Crippen molar-refractivity contribution in [1.29, 1.82) is 0 Å². The number of hydrogen-bond donors (Lipinski definition) is 4. The van der Waals surface area contributed by atoms with Crippen molar-refractivity contribution in [2.75, 3.05) is 12.3 Å². The summed E-state index contributed by atoms with van der Waals surface area (Å²) in [6.45, 7) is 2.62. The Morgan fingerprint density at radius 2 is 2.50 bits per heavy atom. The van der Waals surface area contributed by atoms with Crippen molar-refractivity contribution >= 4 is 23.7 Å². The van der Waals surface area contributed by atoms with Crippen LogP contribution in [-0.4, -0.2) is 29.6 Å². The Morgan fingerprint density at radius 3 is 3.12 bits per heavy atom. The standard InChI is InChI=1S/C9H18N4O2S/c1-2-3-6(7(14)13-10)8-12-9(15)11-4-5-16-8/h6,8H,2-5,10H2,1H3,(H,13,14)(H2,11,12,15). The topological polar surface area (TPSA) is 96.2 Å². The molecule has 0 bridgehead atoms. The third-order valence-corrected chi connectivity index (χ3v) is 3.65. The first-order chi connectivity index (χ1) is 7.69. The van der Waals surface area contributed by atoms with E-state index in [1.807, 2.05) is 6.92 Å². The number of nitrogens with two attached hydrogens (primary N) is 1. The summed E-state index contributed by atoms with van der Waals surface area (Å²) in [5, 5.41) is 5.27. The zero-order chi connectivity index (χ0) is 12.0. The second kappa shape index (κ2) is 6.59. The molecule has 2 unspecified atom stereocenters. The molecule has 1 saturated heterocycles. The third-order valence-electron chi connectivity index (χ3n) is 2.40. The molecule has 16 heavy (non-hydrogen) atoms. The molecular weight excluding hydrogens is 228 g/mol. The molecule has 5 N–H and O–H groups in total. The molecule has 1 heterocycles. The SMILES string of the molecule is CCCC(C(=O)NN)C1NC(=O)NCCS1. The molecule has 6 nitrogen and oxygen atoms in total. The zero-order valence-corrected chi connectivity index (χ0v) is 10.1. The van der Waals surface area contributed by atoms with Crippen LogP contribution in [0.3, 0.4) is 0 Å². The van der Waals surface area contributed by atoms with Crippen molar-refractivity contribution in [2.45, 2.75) is 25.1 Å². The van der Waals surface area contributed by atoms with Gasteiger partial charge in [0, 0.05) is 12.3 Å². The normalized spacial score (nSPS) is 22.6. The molecule has 0 aromatic carbocycles. The molecule has 0 radical (unpaired) electrons. The maximum Gasteiger partial charge on any atom is 0.315 e. The number of rotatable bonds is 4. The smallest absolute Gasteiger partial charge is 0.315 e. The van der Waals surface area contributed by atoms with Gasteiger partial charge in [-0.2, -0.15) is 0 Å². The summed E-state index contributed by atoms with van der Waals surface area (Å²) < 4.78 is 0. The number of thioether (sulfide) groups is 1. The summed E-state index contributed by atoms with van der Waals surface area (Å²) in [7, 11) is 0. The molecule has 1 rings (SSSR count). The van der Waals surface area contributed by atoms with Crippen LogP contribution in [0, 0.1) is 5.92 Å². The minimum absolute atomic E-state index is 0.203. The predicted octanol–water partition coefficient (Wildman–Crippen LogP) is -0.235. The van der Waals surface area contributed by atoms with E-state index in [1.54, 1.807) is 11.8 Å². The van der Waals surface area contributed by atoms with Crippen molar-refractivity contribution < 1.29 is 9.59 Å². The second-order valence-electron chi connectivity index (χ2n) is 3.60. The summed E-state index contributed by atoms with van der Waals surface area (Å²) in [6.07, 6.45) is 1.58. The van der Waals surface area contributed by atoms with E-state index >= 15 is 0 Å². The van der Waals surface area contributed by atoms with Crippen molar-refractivity contribution in [3.05, 3.63) is 0 Å². The predicted molar refractivity (Wildman–Crippen MR) is 63.5 cm³/mol. The Bertz CT molecular complexity index is 262. The molecule has 0 saturated carbocycles. The zero-order valence-electron chi connectivity index (χ0n) is 9.29. The highest BCUT2D eigenvalue weighted by Gasteiger charge is 2.30. The van der Waals surface area contributed by atoms with E-state index in [0.717, 1.165) is 12.2 Å². The van der Waals surface area contributed by atoms with Crippen molar-refractivity contribution in [3.63, 3.8) is 0 Å². The number of urea groups is 1. The molecular formula is C9H18N4O2S. The van der Waals surface area contributed by atoms with E-state index in [4.69, 9.17) is 5.84 Å². The maximum atomic E-state index is 11.6. The molecule has 0 aliphatic carbocycles. The molecule has 92 valence electrons. The first kappa shape index (κ1) is 13.1. The van der Waals surface area contributed by atoms with Crippen LogP contribution in [0.15, 0.2) is 0 Å². The molecule has 1 aliphatic heterocycles. The minimum Gasteiger partial charge on any atom is -0.337 e. The van der Waals surface area contributed by atoms with Gasteiger partial charge in [-0.05, 0) is 6.42 Å². The molecule has 3 amide bonds. The van der Waals surface area contributed by atoms with Crippen molar-refractivity contribution in [3.8, 4) is 0 Å². The van der Waals surface area contributed by atoms with E-state index in [1.165, 1.54) is 0 Å². The molecule has 0 aromatic heterocycles. The Hall–Kier alpha value is -0.950. The lowest BCUT2D eigenvalue weighted by Crippen LogP contribution is -2.48. The van der Waals surface area contributed by atoms with Crippen molar-refractivity contribution in [1.82, 2.24) is 16.1 Å². The first-order valence-corrected chi connectivity index (χ1v) is 6.40. The van der Waals surface area contributed by atoms with Gasteiger partial charge in [0.15, 0.2) is 0 Å². The number of carbonyl (C=O) groups is 2. The lowest BCUT2D eigenvalue weighted by Gasteiger charge is -2.23. The van der Waals surface area contributed by atoms with E-state index in [0.29, 0.717) is 13.0 Å². The van der Waals surface area contributed by atoms with Crippen LogP contribution in [0.1, 0.15) is 19.8 Å². The monoisotopic (exact) mass is 246 g/mol. The fourth-order valence-electron chi connectivity index (χ4n) is 1.63. The highest BCUT2D eigenvalue weighted by atomic mass is 32.2. The van der Waals surface area contributed by atoms with Crippen LogP contribution in [0.4, 0.5) is 4.79 Å². The van der Waals surface area contributed by atoms with Gasteiger partial charge < -0.3 is 10.6 Å². The van der Waals surface area contributed by atoms with Gasteiger partial charge in [0.05, 0.1) is 11.3 Å². The molecule has 1 fully saturated rings. The van der Waals surface area contributed by atoms with E-state index in [9.17, 15) is 9.59 Å². The molecule has 7 heteroatoms. The number of nitrogens with one attached hydrogen (secondary N) is 3. The van der Waals surface area contributed by atoms with Crippen LogP contribution in [-0.2, 0) is 4.79 Å². The van der Waals surface area contributed by atoms with Gasteiger partial charge in [-0.3, -0.25) is 10.2 Å². The van der Waals surface area contributed by atoms with Crippen LogP contribution >= 0.6 is 11.8 Å². The summed E-state index contributed by atoms with van der Waals surface area (Å²) in [5.41, 5.74) is 2.16. The number of hydrazine groups is 1. The van der Waals surface area contributed by atoms with Crippen LogP contribution in [0.5, 0.6) is 0 Å². The average Bonchev–Trinajstić information content (AvgIpc) is 2.49. The van der Waals surface area contributed by atoms with Crippen LogP contribution in [0.2, 0.25) is 0 Å². The number of hydrogen-bond acceptors (Lipinski definition) is 4. The second-order valence-corrected chi connectivity index (χ2v) is 4.84. The Kier molecular flexibility index (Phi) is 5.41. The molecule has 1 aliphatic rings. The van der Waals surface area contributed by atoms with E-state index < -0.39 is 0 Å². The van der Waals surface area contributed by atoms with Gasteiger partial charge >= 0.3 is 6.03 Å². The van der Waals surface area contributed by atoms with Gasteiger partial charge in [0.25, 0.3) is 0 Å². The number of carbonyl (C=O) groups excluding carboxylic acids is 2. The molecule has 2 atom stereocenters. The largest absolute Gasteiger partial charge is 0.337 e. The molecule has 0 spiro atoms. The van der Waals surface area contributed by atoms with Crippen LogP contribution in [0.25, 0.3) is 0 Å². The lowest BCUT2D eigenvalue weighted by atomic mass is 10.0. The van der Waals surface area contributed by atoms with Crippen molar-refractivity contribution in [2.24, 2.45) is 11.8 Å². The van der Waals surface area contributed by atoms with Gasteiger partial charge in [0.2, 0.25) is 5.91 Å². The van der Waals surface area contributed by atoms with Gasteiger partial charge in [-0.1, -0.05) is 13.3 Å². The van der Waals surface area contributed by atoms with E-state index in [2.05, 4.69) is 16.1 Å². The van der Waals surface area contributed by atoms with Gasteiger partial charge in [0.1, 0.15) is 0 Å². The lowest BCUT2D eigenvalue weighted by molar-refractivity contribution is -0.125. The fourth-order valence-corrected chi connectivity index (χ4v) is 2.78. The van der Waals surface area contributed by atoms with Crippen LogP contribution < -0.4 is 21.9 Å². The van der Waals surface area contributed by atoms with E-state index in [-0.39, 0.29) is 23.2 Å². The summed E-state index contributed by atoms with van der Waals surface area (Å²) in [4.78, 5) is 22.9. The summed E-state index contributed by atoms with van der Waals surface area (Å²) in [6, 6.07) is -0.221. The fraction of sp³-hybridized carbons (Fsp3) is 0.778. The van der Waals surface area contributed by atoms with Gasteiger partial charge in [-0.25, -0.2) is 10.6 Å². The maximum absolute atomic E-state index is 11.6. The molecule has 0 aromatic rings. The first-order valence-electron chi connectivity index (χ1n) is 5.35.